The summed E-state index contributed by atoms with van der Waals surface area (Å²) in [6.45, 7) is 2.63. The van der Waals surface area contributed by atoms with Gasteiger partial charge >= 0.3 is 0 Å². The minimum Gasteiger partial charge on any atom is -0.472 e. The molecule has 3 aliphatic rings. The molecule has 4 heterocycles. The summed E-state index contributed by atoms with van der Waals surface area (Å²) in [5, 5.41) is 0. The van der Waals surface area contributed by atoms with Gasteiger partial charge in [0, 0.05) is 36.8 Å². The van der Waals surface area contributed by atoms with Crippen LogP contribution in [0, 0.1) is 18.7 Å². The van der Waals surface area contributed by atoms with Crippen molar-refractivity contribution >= 4 is 5.91 Å². The van der Waals surface area contributed by atoms with E-state index in [1.54, 1.807) is 30.7 Å². The zero-order valence-corrected chi connectivity index (χ0v) is 17.2. The minimum atomic E-state index is -0.457. The summed E-state index contributed by atoms with van der Waals surface area (Å²) in [6.07, 6.45) is 7.69. The van der Waals surface area contributed by atoms with Gasteiger partial charge in [-0.2, -0.15) is 0 Å². The number of aromatic nitrogens is 3. The van der Waals surface area contributed by atoms with Crippen molar-refractivity contribution in [3.63, 3.8) is 0 Å². The SMILES string of the molecule is Cc1ccc(O[C@@H]2C[C@H]3CC[C@@H]2N(C(=O)c2cc(F)ccc2-c2ncccn2)C3)nc1. The van der Waals surface area contributed by atoms with Gasteiger partial charge in [0.25, 0.3) is 5.91 Å². The number of carbonyl (C=O) groups is 1. The maximum atomic E-state index is 14.1. The number of benzene rings is 1. The normalized spacial score (nSPS) is 22.4. The van der Waals surface area contributed by atoms with Crippen LogP contribution in [0.15, 0.2) is 55.0 Å². The Labute approximate surface area is 180 Å². The Hall–Kier alpha value is -3.35. The Morgan fingerprint density at radius 2 is 1.97 bits per heavy atom. The highest BCUT2D eigenvalue weighted by Gasteiger charge is 2.45. The average Bonchev–Trinajstić information content (AvgIpc) is 2.81. The van der Waals surface area contributed by atoms with E-state index in [0.29, 0.717) is 29.7 Å². The number of ether oxygens (including phenoxy) is 1. The first-order valence-electron chi connectivity index (χ1n) is 10.6. The topological polar surface area (TPSA) is 68.2 Å². The molecule has 0 radical (unpaired) electrons. The van der Waals surface area contributed by atoms with Gasteiger partial charge in [-0.05, 0) is 61.9 Å². The van der Waals surface area contributed by atoms with Gasteiger partial charge in [0.15, 0.2) is 5.82 Å². The fourth-order valence-corrected chi connectivity index (χ4v) is 4.65. The van der Waals surface area contributed by atoms with E-state index in [9.17, 15) is 9.18 Å². The Morgan fingerprint density at radius 3 is 2.71 bits per heavy atom. The summed E-state index contributed by atoms with van der Waals surface area (Å²) in [7, 11) is 0. The third kappa shape index (κ3) is 3.87. The van der Waals surface area contributed by atoms with Crippen LogP contribution in [-0.2, 0) is 0 Å². The molecule has 0 spiro atoms. The smallest absolute Gasteiger partial charge is 0.255 e. The molecule has 31 heavy (non-hydrogen) atoms. The molecule has 2 aliphatic heterocycles. The van der Waals surface area contributed by atoms with Crippen molar-refractivity contribution in [2.45, 2.75) is 38.3 Å². The van der Waals surface area contributed by atoms with Gasteiger partial charge in [0.2, 0.25) is 5.88 Å². The molecule has 6 nitrogen and oxygen atoms in total. The van der Waals surface area contributed by atoms with E-state index in [2.05, 4.69) is 15.0 Å². The van der Waals surface area contributed by atoms with E-state index in [1.165, 1.54) is 12.1 Å². The maximum absolute atomic E-state index is 14.1. The summed E-state index contributed by atoms with van der Waals surface area (Å²) >= 11 is 0. The van der Waals surface area contributed by atoms with Crippen LogP contribution in [0.5, 0.6) is 5.88 Å². The second kappa shape index (κ2) is 8.06. The maximum Gasteiger partial charge on any atom is 0.255 e. The number of amides is 1. The zero-order valence-electron chi connectivity index (χ0n) is 17.2. The van der Waals surface area contributed by atoms with Gasteiger partial charge in [0.1, 0.15) is 11.9 Å². The molecule has 3 aromatic rings. The Bertz CT molecular complexity index is 1090. The third-order valence-electron chi connectivity index (χ3n) is 6.16. The van der Waals surface area contributed by atoms with Gasteiger partial charge in [-0.15, -0.1) is 0 Å². The average molecular weight is 418 g/mol. The number of hydrogen-bond acceptors (Lipinski definition) is 5. The number of hydrogen-bond donors (Lipinski definition) is 0. The Morgan fingerprint density at radius 1 is 1.13 bits per heavy atom. The van der Waals surface area contributed by atoms with E-state index in [0.717, 1.165) is 24.8 Å². The van der Waals surface area contributed by atoms with Gasteiger partial charge in [-0.25, -0.2) is 19.3 Å². The lowest BCUT2D eigenvalue weighted by Crippen LogP contribution is -2.59. The molecule has 7 heteroatoms. The third-order valence-corrected chi connectivity index (χ3v) is 6.16. The molecule has 3 fully saturated rings. The summed E-state index contributed by atoms with van der Waals surface area (Å²) in [5.41, 5.74) is 1.88. The molecule has 0 N–H and O–H groups in total. The lowest BCUT2D eigenvalue weighted by Gasteiger charge is -2.49. The molecule has 1 saturated carbocycles. The molecule has 2 aromatic heterocycles. The number of halogens is 1. The summed E-state index contributed by atoms with van der Waals surface area (Å²) in [5.74, 6) is 0.669. The molecule has 1 amide bonds. The zero-order chi connectivity index (χ0) is 21.4. The number of pyridine rings is 1. The van der Waals surface area contributed by atoms with Crippen molar-refractivity contribution in [3.05, 3.63) is 71.9 Å². The van der Waals surface area contributed by atoms with Crippen LogP contribution >= 0.6 is 0 Å². The quantitative estimate of drug-likeness (QED) is 0.639. The second-order valence-electron chi connectivity index (χ2n) is 8.30. The Balaban J connectivity index is 1.44. The highest BCUT2D eigenvalue weighted by molar-refractivity contribution is 6.00. The lowest BCUT2D eigenvalue weighted by molar-refractivity contribution is -0.0313. The predicted molar refractivity (Wildman–Crippen MR) is 113 cm³/mol. The number of carbonyl (C=O) groups excluding carboxylic acids is 1. The van der Waals surface area contributed by atoms with Crippen LogP contribution in [0.25, 0.3) is 11.4 Å². The van der Waals surface area contributed by atoms with Crippen LogP contribution in [-0.4, -0.2) is 44.4 Å². The molecule has 2 saturated heterocycles. The molecule has 1 aliphatic carbocycles. The van der Waals surface area contributed by atoms with Gasteiger partial charge in [-0.3, -0.25) is 4.79 Å². The van der Waals surface area contributed by atoms with Crippen LogP contribution in [0.3, 0.4) is 0 Å². The lowest BCUT2D eigenvalue weighted by atomic mass is 9.77. The van der Waals surface area contributed by atoms with Crippen LogP contribution in [0.4, 0.5) is 4.39 Å². The standard InChI is InChI=1S/C24H23FN4O2/c1-15-3-8-22(28-13-15)31-21-11-16-4-7-20(21)29(14-16)24(30)19-12-17(25)5-6-18(19)23-26-9-2-10-27-23/h2-3,5-6,8-10,12-13,16,20-21H,4,7,11,14H2,1H3/t16-,20+,21-/m1/s1. The molecule has 1 aromatic carbocycles. The highest BCUT2D eigenvalue weighted by Crippen LogP contribution is 2.38. The van der Waals surface area contributed by atoms with E-state index in [4.69, 9.17) is 4.74 Å². The second-order valence-corrected chi connectivity index (χ2v) is 8.30. The predicted octanol–water partition coefficient (Wildman–Crippen LogP) is 4.06. The van der Waals surface area contributed by atoms with Crippen molar-refractivity contribution in [2.75, 3.05) is 6.54 Å². The highest BCUT2D eigenvalue weighted by atomic mass is 19.1. The largest absolute Gasteiger partial charge is 0.472 e. The van der Waals surface area contributed by atoms with Gasteiger partial charge < -0.3 is 9.64 Å². The molecule has 3 atom stereocenters. The Kier molecular flexibility index (Phi) is 5.10. The first kappa shape index (κ1) is 19.6. The van der Waals surface area contributed by atoms with Gasteiger partial charge in [0.05, 0.1) is 11.6 Å². The van der Waals surface area contributed by atoms with Crippen molar-refractivity contribution in [2.24, 2.45) is 5.92 Å². The minimum absolute atomic E-state index is 0.0755. The van der Waals surface area contributed by atoms with E-state index in [1.807, 2.05) is 24.0 Å². The van der Waals surface area contributed by atoms with Crippen molar-refractivity contribution in [1.29, 1.82) is 0 Å². The number of piperidine rings is 2. The van der Waals surface area contributed by atoms with Crippen LogP contribution < -0.4 is 4.74 Å². The van der Waals surface area contributed by atoms with E-state index >= 15 is 0 Å². The first-order chi connectivity index (χ1) is 15.1. The molecule has 0 unspecified atom stereocenters. The van der Waals surface area contributed by atoms with Crippen molar-refractivity contribution < 1.29 is 13.9 Å². The van der Waals surface area contributed by atoms with E-state index < -0.39 is 5.82 Å². The van der Waals surface area contributed by atoms with Gasteiger partial charge in [-0.1, -0.05) is 6.07 Å². The van der Waals surface area contributed by atoms with Crippen LogP contribution in [0.2, 0.25) is 0 Å². The van der Waals surface area contributed by atoms with Crippen molar-refractivity contribution in [3.8, 4) is 17.3 Å². The number of rotatable bonds is 4. The molecule has 2 bridgehead atoms. The fraction of sp³-hybridized carbons (Fsp3) is 0.333. The number of nitrogens with zero attached hydrogens (tertiary/aromatic N) is 4. The molecule has 158 valence electrons. The summed E-state index contributed by atoms with van der Waals surface area (Å²) in [6, 6.07) is 9.65. The summed E-state index contributed by atoms with van der Waals surface area (Å²) < 4.78 is 20.3. The van der Waals surface area contributed by atoms with Crippen LogP contribution in [0.1, 0.15) is 35.2 Å². The summed E-state index contributed by atoms with van der Waals surface area (Å²) in [4.78, 5) is 28.3. The fourth-order valence-electron chi connectivity index (χ4n) is 4.65. The number of fused-ring (bicyclic) bond motifs is 3. The first-order valence-corrected chi connectivity index (χ1v) is 10.6. The number of aryl methyl sites for hydroxylation is 1. The molecular weight excluding hydrogens is 395 g/mol. The van der Waals surface area contributed by atoms with E-state index in [-0.39, 0.29) is 23.6 Å². The molecule has 6 rings (SSSR count). The monoisotopic (exact) mass is 418 g/mol. The molecular formula is C24H23FN4O2. The van der Waals surface area contributed by atoms with Crippen molar-refractivity contribution in [1.82, 2.24) is 19.9 Å².